The third-order valence-electron chi connectivity index (χ3n) is 6.35. The predicted octanol–water partition coefficient (Wildman–Crippen LogP) is 1.98. The Hall–Kier alpha value is -1.58. The Morgan fingerprint density at radius 2 is 1.96 bits per heavy atom. The molecule has 0 spiro atoms. The van der Waals surface area contributed by atoms with E-state index in [1.165, 1.54) is 6.07 Å². The van der Waals surface area contributed by atoms with Crippen LogP contribution in [0.1, 0.15) is 24.4 Å². The summed E-state index contributed by atoms with van der Waals surface area (Å²) < 4.78 is 48.4. The van der Waals surface area contributed by atoms with Crippen molar-refractivity contribution in [2.75, 3.05) is 46.0 Å². The number of carbonyl (C=O) groups excluding carboxylic acids is 1. The van der Waals surface area contributed by atoms with Crippen LogP contribution < -0.4 is 0 Å². The molecular formula is C19H25F3N2O4. The van der Waals surface area contributed by atoms with Crippen molar-refractivity contribution in [1.82, 2.24) is 9.80 Å². The number of aliphatic hydroxyl groups is 1. The zero-order valence-corrected chi connectivity index (χ0v) is 15.6. The molecule has 0 saturated carbocycles. The summed E-state index contributed by atoms with van der Waals surface area (Å²) >= 11 is 0. The number of carbonyl (C=O) groups is 1. The Bertz CT molecular complexity index is 716. The van der Waals surface area contributed by atoms with Crippen LogP contribution in [0.3, 0.4) is 0 Å². The molecule has 4 rings (SSSR count). The number of aliphatic hydroxyl groups excluding tert-OH is 1. The second kappa shape index (κ2) is 7.35. The van der Waals surface area contributed by atoms with E-state index in [0.29, 0.717) is 39.4 Å². The fourth-order valence-corrected chi connectivity index (χ4v) is 4.84. The second-order valence-corrected chi connectivity index (χ2v) is 8.26. The molecule has 0 bridgehead atoms. The first-order valence-corrected chi connectivity index (χ1v) is 9.66. The molecule has 28 heavy (non-hydrogen) atoms. The van der Waals surface area contributed by atoms with Gasteiger partial charge in [0.1, 0.15) is 5.76 Å². The minimum atomic E-state index is -4.49. The van der Waals surface area contributed by atoms with Crippen molar-refractivity contribution in [3.8, 4) is 0 Å². The lowest BCUT2D eigenvalue weighted by Gasteiger charge is -2.30. The summed E-state index contributed by atoms with van der Waals surface area (Å²) in [4.78, 5) is 16.7. The standard InChI is InChI=1S/C19H25F3N2O4/c20-19(21,22)16-2-1-15(28-16)9-23-7-14-8-24(11-18(14,10-23)12-25)17(26)13-3-5-27-6-4-13/h1-2,13-14,25H,3-12H2/t14-,18+/m0/s1. The van der Waals surface area contributed by atoms with E-state index in [4.69, 9.17) is 9.15 Å². The Morgan fingerprint density at radius 3 is 2.57 bits per heavy atom. The maximum absolute atomic E-state index is 12.8. The Kier molecular flexibility index (Phi) is 5.18. The van der Waals surface area contributed by atoms with Crippen molar-refractivity contribution >= 4 is 5.91 Å². The molecule has 0 unspecified atom stereocenters. The smallest absolute Gasteiger partial charge is 0.449 e. The molecule has 156 valence electrons. The summed E-state index contributed by atoms with van der Waals surface area (Å²) in [5.74, 6) is -0.498. The molecular weight excluding hydrogens is 377 g/mol. The SMILES string of the molecule is O=C(C1CCOCC1)N1C[C@@H]2CN(Cc3ccc(C(F)(F)F)o3)C[C@]2(CO)C1. The monoisotopic (exact) mass is 402 g/mol. The highest BCUT2D eigenvalue weighted by atomic mass is 19.4. The fourth-order valence-electron chi connectivity index (χ4n) is 4.84. The molecule has 0 aliphatic carbocycles. The van der Waals surface area contributed by atoms with E-state index < -0.39 is 17.4 Å². The van der Waals surface area contributed by atoms with Gasteiger partial charge in [-0.05, 0) is 30.9 Å². The van der Waals surface area contributed by atoms with Crippen LogP contribution in [0, 0.1) is 17.3 Å². The number of nitrogens with zero attached hydrogens (tertiary/aromatic N) is 2. The highest BCUT2D eigenvalue weighted by Gasteiger charge is 2.53. The van der Waals surface area contributed by atoms with Crippen molar-refractivity contribution in [1.29, 1.82) is 0 Å². The van der Waals surface area contributed by atoms with E-state index in [-0.39, 0.29) is 36.7 Å². The molecule has 6 nitrogen and oxygen atoms in total. The topological polar surface area (TPSA) is 66.2 Å². The summed E-state index contributed by atoms with van der Waals surface area (Å²) in [6, 6.07) is 2.30. The summed E-state index contributed by atoms with van der Waals surface area (Å²) in [5, 5.41) is 10.1. The largest absolute Gasteiger partial charge is 0.455 e. The molecule has 1 amide bonds. The number of hydrogen-bond donors (Lipinski definition) is 1. The van der Waals surface area contributed by atoms with Crippen LogP contribution in [0.4, 0.5) is 13.2 Å². The van der Waals surface area contributed by atoms with E-state index in [2.05, 4.69) is 0 Å². The average molecular weight is 402 g/mol. The van der Waals surface area contributed by atoms with Gasteiger partial charge in [-0.15, -0.1) is 0 Å². The van der Waals surface area contributed by atoms with Gasteiger partial charge in [-0.1, -0.05) is 0 Å². The van der Waals surface area contributed by atoms with Gasteiger partial charge in [-0.2, -0.15) is 13.2 Å². The highest BCUT2D eigenvalue weighted by molar-refractivity contribution is 5.79. The van der Waals surface area contributed by atoms with Gasteiger partial charge in [0.05, 0.1) is 13.2 Å². The van der Waals surface area contributed by atoms with Crippen LogP contribution in [0.5, 0.6) is 0 Å². The minimum absolute atomic E-state index is 0.0108. The molecule has 4 heterocycles. The number of likely N-dealkylation sites (tertiary alicyclic amines) is 2. The van der Waals surface area contributed by atoms with Crippen LogP contribution in [0.25, 0.3) is 0 Å². The number of furan rings is 1. The van der Waals surface area contributed by atoms with Crippen molar-refractivity contribution in [2.45, 2.75) is 25.6 Å². The second-order valence-electron chi connectivity index (χ2n) is 8.26. The van der Waals surface area contributed by atoms with E-state index in [1.54, 1.807) is 0 Å². The van der Waals surface area contributed by atoms with Crippen LogP contribution in [-0.4, -0.2) is 66.8 Å². The molecule has 0 radical (unpaired) electrons. The van der Waals surface area contributed by atoms with Gasteiger partial charge in [0, 0.05) is 50.7 Å². The molecule has 1 N–H and O–H groups in total. The Balaban J connectivity index is 1.38. The number of rotatable bonds is 4. The lowest BCUT2D eigenvalue weighted by Crippen LogP contribution is -2.41. The summed E-state index contributed by atoms with van der Waals surface area (Å²) in [5.41, 5.74) is -0.416. The van der Waals surface area contributed by atoms with Crippen molar-refractivity contribution in [3.63, 3.8) is 0 Å². The van der Waals surface area contributed by atoms with Crippen LogP contribution >= 0.6 is 0 Å². The minimum Gasteiger partial charge on any atom is -0.455 e. The van der Waals surface area contributed by atoms with Crippen LogP contribution in [0.2, 0.25) is 0 Å². The fraction of sp³-hybridized carbons (Fsp3) is 0.737. The molecule has 1 aromatic heterocycles. The van der Waals surface area contributed by atoms with Crippen molar-refractivity contribution < 1.29 is 32.2 Å². The van der Waals surface area contributed by atoms with Gasteiger partial charge in [-0.3, -0.25) is 9.69 Å². The van der Waals surface area contributed by atoms with Crippen LogP contribution in [0.15, 0.2) is 16.5 Å². The number of alkyl halides is 3. The van der Waals surface area contributed by atoms with Gasteiger partial charge >= 0.3 is 6.18 Å². The van der Waals surface area contributed by atoms with Gasteiger partial charge in [0.25, 0.3) is 0 Å². The first-order chi connectivity index (χ1) is 13.3. The molecule has 3 fully saturated rings. The van der Waals surface area contributed by atoms with E-state index in [1.807, 2.05) is 9.80 Å². The lowest BCUT2D eigenvalue weighted by molar-refractivity contribution is -0.153. The number of halogens is 3. The molecule has 2 atom stereocenters. The maximum Gasteiger partial charge on any atom is 0.449 e. The van der Waals surface area contributed by atoms with Gasteiger partial charge in [-0.25, -0.2) is 0 Å². The normalized spacial score (nSPS) is 29.4. The first-order valence-electron chi connectivity index (χ1n) is 9.66. The third-order valence-corrected chi connectivity index (χ3v) is 6.35. The summed E-state index contributed by atoms with van der Waals surface area (Å²) in [7, 11) is 0. The Labute approximate surface area is 161 Å². The zero-order valence-electron chi connectivity index (χ0n) is 15.6. The number of fused-ring (bicyclic) bond motifs is 1. The summed E-state index contributed by atoms with van der Waals surface area (Å²) in [6.45, 7) is 3.67. The van der Waals surface area contributed by atoms with Gasteiger partial charge in [0.2, 0.25) is 11.7 Å². The summed E-state index contributed by atoms with van der Waals surface area (Å²) in [6.07, 6.45) is -3.02. The molecule has 3 saturated heterocycles. The molecule has 9 heteroatoms. The van der Waals surface area contributed by atoms with Crippen LogP contribution in [-0.2, 0) is 22.3 Å². The van der Waals surface area contributed by atoms with Gasteiger partial charge < -0.3 is 19.2 Å². The van der Waals surface area contributed by atoms with E-state index >= 15 is 0 Å². The molecule has 1 aromatic rings. The quantitative estimate of drug-likeness (QED) is 0.834. The Morgan fingerprint density at radius 1 is 1.21 bits per heavy atom. The number of hydrogen-bond acceptors (Lipinski definition) is 5. The van der Waals surface area contributed by atoms with Crippen molar-refractivity contribution in [3.05, 3.63) is 23.7 Å². The highest BCUT2D eigenvalue weighted by Crippen LogP contribution is 2.43. The van der Waals surface area contributed by atoms with E-state index in [9.17, 15) is 23.1 Å². The molecule has 0 aromatic carbocycles. The number of ether oxygens (including phenoxy) is 1. The number of amides is 1. The lowest BCUT2D eigenvalue weighted by atomic mass is 9.82. The molecule has 3 aliphatic heterocycles. The third kappa shape index (κ3) is 3.67. The zero-order chi connectivity index (χ0) is 19.9. The maximum atomic E-state index is 12.8. The first kappa shape index (κ1) is 19.7. The van der Waals surface area contributed by atoms with Crippen molar-refractivity contribution in [2.24, 2.45) is 17.3 Å². The molecule has 3 aliphatic rings. The predicted molar refractivity (Wildman–Crippen MR) is 92.1 cm³/mol. The van der Waals surface area contributed by atoms with E-state index in [0.717, 1.165) is 18.9 Å². The average Bonchev–Trinajstić information content (AvgIpc) is 3.34. The van der Waals surface area contributed by atoms with Gasteiger partial charge in [0.15, 0.2) is 0 Å².